The predicted molar refractivity (Wildman–Crippen MR) is 110 cm³/mol. The number of rotatable bonds is 5. The fraction of sp³-hybridized carbons (Fsp3) is 0.545. The van der Waals surface area contributed by atoms with Crippen molar-refractivity contribution in [3.05, 3.63) is 47.0 Å². The molecule has 1 amide bonds. The standard InChI is InChI=1S/C22H31FN4O/c1-6-25-10-12-26(13-11-25)22(28)19-20(15(2)3)24-27(21(19)16(4)5)18-9-7-8-17(23)14-18/h7-9,14-16H,6,10-13H2,1-5H3. The van der Waals surface area contributed by atoms with E-state index in [2.05, 4.69) is 25.7 Å². The second-order valence-corrected chi connectivity index (χ2v) is 8.07. The zero-order chi connectivity index (χ0) is 20.4. The number of piperazine rings is 1. The van der Waals surface area contributed by atoms with E-state index in [0.29, 0.717) is 11.3 Å². The lowest BCUT2D eigenvalue weighted by molar-refractivity contribution is 0.0640. The number of amides is 1. The Hall–Kier alpha value is -2.21. The molecule has 152 valence electrons. The van der Waals surface area contributed by atoms with Crippen molar-refractivity contribution in [2.24, 2.45) is 0 Å². The van der Waals surface area contributed by atoms with Crippen molar-refractivity contribution in [3.63, 3.8) is 0 Å². The lowest BCUT2D eigenvalue weighted by atomic mass is 9.97. The highest BCUT2D eigenvalue weighted by molar-refractivity contribution is 5.97. The number of carbonyl (C=O) groups excluding carboxylic acids is 1. The molecule has 1 saturated heterocycles. The van der Waals surface area contributed by atoms with E-state index >= 15 is 0 Å². The fourth-order valence-electron chi connectivity index (χ4n) is 3.84. The lowest BCUT2D eigenvalue weighted by Crippen LogP contribution is -2.48. The van der Waals surface area contributed by atoms with E-state index in [9.17, 15) is 9.18 Å². The Morgan fingerprint density at radius 3 is 2.32 bits per heavy atom. The Labute approximate surface area is 167 Å². The van der Waals surface area contributed by atoms with E-state index in [1.165, 1.54) is 12.1 Å². The van der Waals surface area contributed by atoms with Crippen LogP contribution in [0.3, 0.4) is 0 Å². The maximum Gasteiger partial charge on any atom is 0.257 e. The van der Waals surface area contributed by atoms with Crippen LogP contribution in [0, 0.1) is 5.82 Å². The van der Waals surface area contributed by atoms with Gasteiger partial charge in [0, 0.05) is 26.2 Å². The number of benzene rings is 1. The molecule has 1 aromatic heterocycles. The van der Waals surface area contributed by atoms with Crippen LogP contribution in [-0.4, -0.2) is 58.2 Å². The topological polar surface area (TPSA) is 41.4 Å². The summed E-state index contributed by atoms with van der Waals surface area (Å²) < 4.78 is 15.6. The van der Waals surface area contributed by atoms with E-state index in [1.54, 1.807) is 10.7 Å². The molecule has 1 aromatic carbocycles. The first-order valence-electron chi connectivity index (χ1n) is 10.2. The molecule has 0 atom stereocenters. The first-order chi connectivity index (χ1) is 13.3. The molecule has 1 aliphatic heterocycles. The zero-order valence-electron chi connectivity index (χ0n) is 17.6. The summed E-state index contributed by atoms with van der Waals surface area (Å²) in [5.41, 5.74) is 2.99. The van der Waals surface area contributed by atoms with Crippen molar-refractivity contribution in [1.82, 2.24) is 19.6 Å². The first kappa shape index (κ1) is 20.5. The maximum atomic E-state index is 13.9. The number of carbonyl (C=O) groups is 1. The van der Waals surface area contributed by atoms with Gasteiger partial charge in [-0.3, -0.25) is 4.79 Å². The van der Waals surface area contributed by atoms with Crippen molar-refractivity contribution >= 4 is 5.91 Å². The monoisotopic (exact) mass is 386 g/mol. The van der Waals surface area contributed by atoms with E-state index in [4.69, 9.17) is 5.10 Å². The molecular formula is C22H31FN4O. The third-order valence-corrected chi connectivity index (χ3v) is 5.42. The molecule has 1 aliphatic rings. The molecule has 1 fully saturated rings. The summed E-state index contributed by atoms with van der Waals surface area (Å²) >= 11 is 0. The second-order valence-electron chi connectivity index (χ2n) is 8.07. The number of hydrogen-bond donors (Lipinski definition) is 0. The number of nitrogens with zero attached hydrogens (tertiary/aromatic N) is 4. The number of likely N-dealkylation sites (N-methyl/N-ethyl adjacent to an activating group) is 1. The molecular weight excluding hydrogens is 355 g/mol. The van der Waals surface area contributed by atoms with Crippen LogP contribution in [0.5, 0.6) is 0 Å². The average molecular weight is 387 g/mol. The van der Waals surface area contributed by atoms with Crippen molar-refractivity contribution < 1.29 is 9.18 Å². The Balaban J connectivity index is 2.07. The van der Waals surface area contributed by atoms with Crippen molar-refractivity contribution in [2.45, 2.75) is 46.5 Å². The van der Waals surface area contributed by atoms with Crippen LogP contribution in [-0.2, 0) is 0 Å². The number of halogens is 1. The smallest absolute Gasteiger partial charge is 0.257 e. The van der Waals surface area contributed by atoms with Crippen molar-refractivity contribution in [1.29, 1.82) is 0 Å². The SMILES string of the molecule is CCN1CCN(C(=O)c2c(C(C)C)nn(-c3cccc(F)c3)c2C(C)C)CC1. The van der Waals surface area contributed by atoms with Gasteiger partial charge in [-0.15, -0.1) is 0 Å². The van der Waals surface area contributed by atoms with Gasteiger partial charge in [0.25, 0.3) is 5.91 Å². The van der Waals surface area contributed by atoms with Gasteiger partial charge in [-0.25, -0.2) is 9.07 Å². The summed E-state index contributed by atoms with van der Waals surface area (Å²) in [5.74, 6) is -0.0782. The van der Waals surface area contributed by atoms with Crippen LogP contribution in [0.25, 0.3) is 5.69 Å². The molecule has 0 unspecified atom stereocenters. The Morgan fingerprint density at radius 1 is 1.11 bits per heavy atom. The highest BCUT2D eigenvalue weighted by Crippen LogP contribution is 2.31. The molecule has 3 rings (SSSR count). The molecule has 0 radical (unpaired) electrons. The van der Waals surface area contributed by atoms with Gasteiger partial charge >= 0.3 is 0 Å². The normalized spacial score (nSPS) is 15.6. The van der Waals surface area contributed by atoms with Crippen LogP contribution in [0.4, 0.5) is 4.39 Å². The fourth-order valence-corrected chi connectivity index (χ4v) is 3.84. The summed E-state index contributed by atoms with van der Waals surface area (Å²) in [6.07, 6.45) is 0. The molecule has 0 N–H and O–H groups in total. The van der Waals surface area contributed by atoms with Crippen LogP contribution >= 0.6 is 0 Å². The molecule has 0 bridgehead atoms. The minimum atomic E-state index is -0.308. The van der Waals surface area contributed by atoms with Gasteiger partial charge in [0.05, 0.1) is 22.6 Å². The van der Waals surface area contributed by atoms with Crippen molar-refractivity contribution in [2.75, 3.05) is 32.7 Å². The summed E-state index contributed by atoms with van der Waals surface area (Å²) in [7, 11) is 0. The van der Waals surface area contributed by atoms with Gasteiger partial charge < -0.3 is 9.80 Å². The molecule has 0 spiro atoms. The Bertz CT molecular complexity index is 835. The molecule has 2 aromatic rings. The molecule has 6 heteroatoms. The first-order valence-corrected chi connectivity index (χ1v) is 10.2. The molecule has 0 aliphatic carbocycles. The third-order valence-electron chi connectivity index (χ3n) is 5.42. The molecule has 2 heterocycles. The number of aromatic nitrogens is 2. The van der Waals surface area contributed by atoms with Crippen LogP contribution < -0.4 is 0 Å². The van der Waals surface area contributed by atoms with E-state index in [-0.39, 0.29) is 23.6 Å². The third kappa shape index (κ3) is 3.97. The minimum Gasteiger partial charge on any atom is -0.336 e. The van der Waals surface area contributed by atoms with Gasteiger partial charge in [-0.05, 0) is 36.6 Å². The van der Waals surface area contributed by atoms with E-state index < -0.39 is 0 Å². The van der Waals surface area contributed by atoms with Gasteiger partial charge in [0.2, 0.25) is 0 Å². The van der Waals surface area contributed by atoms with Crippen molar-refractivity contribution in [3.8, 4) is 5.69 Å². The lowest BCUT2D eigenvalue weighted by Gasteiger charge is -2.34. The summed E-state index contributed by atoms with van der Waals surface area (Å²) in [4.78, 5) is 17.8. The zero-order valence-corrected chi connectivity index (χ0v) is 17.6. The second kappa shape index (κ2) is 8.43. The Kier molecular flexibility index (Phi) is 6.18. The van der Waals surface area contributed by atoms with Gasteiger partial charge in [-0.1, -0.05) is 40.7 Å². The summed E-state index contributed by atoms with van der Waals surface area (Å²) in [6, 6.07) is 6.40. The van der Waals surface area contributed by atoms with Crippen LogP contribution in [0.15, 0.2) is 24.3 Å². The number of hydrogen-bond acceptors (Lipinski definition) is 3. The van der Waals surface area contributed by atoms with Crippen LogP contribution in [0.1, 0.15) is 68.2 Å². The molecule has 0 saturated carbocycles. The highest BCUT2D eigenvalue weighted by Gasteiger charge is 2.31. The largest absolute Gasteiger partial charge is 0.336 e. The highest BCUT2D eigenvalue weighted by atomic mass is 19.1. The molecule has 5 nitrogen and oxygen atoms in total. The van der Waals surface area contributed by atoms with E-state index in [1.807, 2.05) is 24.8 Å². The quantitative estimate of drug-likeness (QED) is 0.779. The molecule has 28 heavy (non-hydrogen) atoms. The predicted octanol–water partition coefficient (Wildman–Crippen LogP) is 4.04. The summed E-state index contributed by atoms with van der Waals surface area (Å²) in [6.45, 7) is 14.6. The van der Waals surface area contributed by atoms with Crippen LogP contribution in [0.2, 0.25) is 0 Å². The van der Waals surface area contributed by atoms with Gasteiger partial charge in [0.1, 0.15) is 5.82 Å². The minimum absolute atomic E-state index is 0.0470. The van der Waals surface area contributed by atoms with Gasteiger partial charge in [0.15, 0.2) is 0 Å². The van der Waals surface area contributed by atoms with E-state index in [0.717, 1.165) is 44.1 Å². The summed E-state index contributed by atoms with van der Waals surface area (Å²) in [5, 5.41) is 4.78. The average Bonchev–Trinajstić information content (AvgIpc) is 3.09. The van der Waals surface area contributed by atoms with Gasteiger partial charge in [-0.2, -0.15) is 5.10 Å². The maximum absolute atomic E-state index is 13.9. The Morgan fingerprint density at radius 2 is 1.79 bits per heavy atom.